The van der Waals surface area contributed by atoms with Gasteiger partial charge in [0.2, 0.25) is 0 Å². The number of aryl methyl sites for hydroxylation is 1. The van der Waals surface area contributed by atoms with Crippen molar-refractivity contribution in [1.29, 1.82) is 0 Å². The van der Waals surface area contributed by atoms with Crippen LogP contribution in [0.3, 0.4) is 0 Å². The van der Waals surface area contributed by atoms with E-state index in [-0.39, 0.29) is 0 Å². The second-order valence-corrected chi connectivity index (χ2v) is 8.45. The number of hydrogen-bond acceptors (Lipinski definition) is 6. The van der Waals surface area contributed by atoms with Crippen molar-refractivity contribution in [2.24, 2.45) is 0 Å². The standard InChI is InChI=1S/C18H19N3O4S2/c1-12-16(10-14-8-5-7-13-6-3-4-9-15(13)14)26-18(20-12)21-17(22)11-25-27(23,24)19-2/h3-9,19H,10-11H2,1-2H3,(H,20,21,22). The van der Waals surface area contributed by atoms with Crippen molar-refractivity contribution in [3.05, 3.63) is 58.6 Å². The van der Waals surface area contributed by atoms with Crippen molar-refractivity contribution < 1.29 is 17.4 Å². The van der Waals surface area contributed by atoms with Crippen LogP contribution in [0.15, 0.2) is 42.5 Å². The minimum absolute atomic E-state index is 0.415. The van der Waals surface area contributed by atoms with Crippen LogP contribution in [-0.2, 0) is 25.7 Å². The number of hydrogen-bond donors (Lipinski definition) is 2. The second-order valence-electron chi connectivity index (χ2n) is 5.81. The van der Waals surface area contributed by atoms with E-state index in [4.69, 9.17) is 0 Å². The summed E-state index contributed by atoms with van der Waals surface area (Å²) in [6, 6.07) is 14.4. The molecule has 2 N–H and O–H groups in total. The van der Waals surface area contributed by atoms with Gasteiger partial charge in [-0.2, -0.15) is 13.1 Å². The van der Waals surface area contributed by atoms with E-state index in [1.807, 2.05) is 29.8 Å². The number of anilines is 1. The zero-order valence-corrected chi connectivity index (χ0v) is 16.5. The number of carbonyl (C=O) groups is 1. The lowest BCUT2D eigenvalue weighted by Gasteiger charge is -2.05. The molecule has 0 saturated carbocycles. The Morgan fingerprint density at radius 3 is 2.70 bits per heavy atom. The van der Waals surface area contributed by atoms with E-state index >= 15 is 0 Å². The molecule has 0 unspecified atom stereocenters. The average Bonchev–Trinajstić information content (AvgIpc) is 2.99. The molecular formula is C18H19N3O4S2. The monoisotopic (exact) mass is 405 g/mol. The van der Waals surface area contributed by atoms with Crippen LogP contribution < -0.4 is 10.0 Å². The zero-order valence-electron chi connectivity index (χ0n) is 14.9. The first kappa shape index (κ1) is 19.4. The lowest BCUT2D eigenvalue weighted by molar-refractivity contribution is -0.118. The van der Waals surface area contributed by atoms with Gasteiger partial charge in [-0.05, 0) is 23.3 Å². The highest BCUT2D eigenvalue weighted by atomic mass is 32.2. The maximum atomic E-state index is 11.9. The van der Waals surface area contributed by atoms with Crippen molar-refractivity contribution in [3.8, 4) is 0 Å². The fourth-order valence-electron chi connectivity index (χ4n) is 2.61. The number of nitrogens with zero attached hydrogens (tertiary/aromatic N) is 1. The summed E-state index contributed by atoms with van der Waals surface area (Å²) in [5, 5.41) is 5.35. The van der Waals surface area contributed by atoms with Crippen molar-refractivity contribution in [3.63, 3.8) is 0 Å². The summed E-state index contributed by atoms with van der Waals surface area (Å²) in [4.78, 5) is 17.3. The molecule has 0 aliphatic rings. The summed E-state index contributed by atoms with van der Waals surface area (Å²) < 4.78 is 28.9. The molecule has 27 heavy (non-hydrogen) atoms. The normalized spacial score (nSPS) is 11.6. The molecule has 2 aromatic carbocycles. The summed E-state index contributed by atoms with van der Waals surface area (Å²) in [6.45, 7) is 1.27. The fourth-order valence-corrected chi connectivity index (χ4v) is 3.99. The van der Waals surface area contributed by atoms with E-state index < -0.39 is 22.8 Å². The molecule has 1 heterocycles. The van der Waals surface area contributed by atoms with Crippen LogP contribution in [0.4, 0.5) is 5.13 Å². The number of thiazole rings is 1. The summed E-state index contributed by atoms with van der Waals surface area (Å²) in [5.74, 6) is -0.584. The van der Waals surface area contributed by atoms with Gasteiger partial charge in [0.15, 0.2) is 5.13 Å². The van der Waals surface area contributed by atoms with Crippen molar-refractivity contribution >= 4 is 43.5 Å². The predicted molar refractivity (Wildman–Crippen MR) is 106 cm³/mol. The molecule has 3 aromatic rings. The molecule has 0 saturated heterocycles. The summed E-state index contributed by atoms with van der Waals surface area (Å²) in [6.07, 6.45) is 0.700. The molecule has 0 radical (unpaired) electrons. The smallest absolute Gasteiger partial charge is 0.300 e. The minimum Gasteiger partial charge on any atom is -0.300 e. The quantitative estimate of drug-likeness (QED) is 0.630. The number of rotatable bonds is 7. The number of amides is 1. The van der Waals surface area contributed by atoms with Gasteiger partial charge in [-0.1, -0.05) is 42.5 Å². The van der Waals surface area contributed by atoms with Crippen molar-refractivity contribution in [1.82, 2.24) is 9.71 Å². The zero-order chi connectivity index (χ0) is 19.4. The first-order valence-electron chi connectivity index (χ1n) is 8.18. The molecule has 9 heteroatoms. The molecule has 3 rings (SSSR count). The van der Waals surface area contributed by atoms with Crippen LogP contribution >= 0.6 is 11.3 Å². The van der Waals surface area contributed by atoms with Crippen LogP contribution in [0.5, 0.6) is 0 Å². The second kappa shape index (κ2) is 8.13. The number of aromatic nitrogens is 1. The molecule has 0 bridgehead atoms. The number of nitrogens with one attached hydrogen (secondary N) is 2. The lowest BCUT2D eigenvalue weighted by atomic mass is 10.0. The van der Waals surface area contributed by atoms with Crippen molar-refractivity contribution in [2.75, 3.05) is 19.0 Å². The minimum atomic E-state index is -3.90. The molecule has 0 spiro atoms. The lowest BCUT2D eigenvalue weighted by Crippen LogP contribution is -2.27. The SMILES string of the molecule is CNS(=O)(=O)OCC(=O)Nc1nc(C)c(Cc2cccc3ccccc23)s1. The van der Waals surface area contributed by atoms with E-state index in [0.29, 0.717) is 11.6 Å². The first-order valence-corrected chi connectivity index (χ1v) is 10.4. The van der Waals surface area contributed by atoms with Gasteiger partial charge >= 0.3 is 10.3 Å². The van der Waals surface area contributed by atoms with Crippen LogP contribution in [0.1, 0.15) is 16.1 Å². The highest BCUT2D eigenvalue weighted by molar-refractivity contribution is 7.84. The fraction of sp³-hybridized carbons (Fsp3) is 0.222. The molecule has 142 valence electrons. The summed E-state index contributed by atoms with van der Waals surface area (Å²) in [7, 11) is -2.69. The molecule has 0 fully saturated rings. The van der Waals surface area contributed by atoms with Crippen LogP contribution in [0.25, 0.3) is 10.8 Å². The third-order valence-electron chi connectivity index (χ3n) is 3.97. The van der Waals surface area contributed by atoms with Crippen LogP contribution in [0, 0.1) is 6.92 Å². The molecule has 7 nitrogen and oxygen atoms in total. The Labute approximate surface area is 161 Å². The molecule has 0 atom stereocenters. The Kier molecular flexibility index (Phi) is 5.85. The Balaban J connectivity index is 1.72. The van der Waals surface area contributed by atoms with E-state index in [1.165, 1.54) is 34.7 Å². The van der Waals surface area contributed by atoms with Crippen LogP contribution in [0.2, 0.25) is 0 Å². The third kappa shape index (κ3) is 4.89. The Morgan fingerprint density at radius 1 is 1.19 bits per heavy atom. The van der Waals surface area contributed by atoms with Gasteiger partial charge in [-0.15, -0.1) is 11.3 Å². The van der Waals surface area contributed by atoms with E-state index in [1.54, 1.807) is 0 Å². The summed E-state index contributed by atoms with van der Waals surface area (Å²) in [5.41, 5.74) is 2.01. The van der Waals surface area contributed by atoms with E-state index in [0.717, 1.165) is 10.6 Å². The molecule has 1 amide bonds. The summed E-state index contributed by atoms with van der Waals surface area (Å²) >= 11 is 1.37. The average molecular weight is 406 g/mol. The Morgan fingerprint density at radius 2 is 1.93 bits per heavy atom. The third-order valence-corrected chi connectivity index (χ3v) is 5.97. The predicted octanol–water partition coefficient (Wildman–Crippen LogP) is 2.61. The van der Waals surface area contributed by atoms with Gasteiger partial charge in [-0.25, -0.2) is 9.17 Å². The topological polar surface area (TPSA) is 97.4 Å². The van der Waals surface area contributed by atoms with Crippen molar-refractivity contribution in [2.45, 2.75) is 13.3 Å². The molecule has 0 aliphatic heterocycles. The van der Waals surface area contributed by atoms with Gasteiger partial charge in [-0.3, -0.25) is 10.1 Å². The Bertz CT molecular complexity index is 1070. The highest BCUT2D eigenvalue weighted by Gasteiger charge is 2.15. The Hall–Kier alpha value is -2.33. The molecular weight excluding hydrogens is 386 g/mol. The highest BCUT2D eigenvalue weighted by Crippen LogP contribution is 2.28. The van der Waals surface area contributed by atoms with Crippen LogP contribution in [-0.4, -0.2) is 33.0 Å². The van der Waals surface area contributed by atoms with E-state index in [2.05, 4.69) is 38.7 Å². The molecule has 0 aliphatic carbocycles. The maximum absolute atomic E-state index is 11.9. The van der Waals surface area contributed by atoms with Gasteiger partial charge in [0.05, 0.1) is 5.69 Å². The number of fused-ring (bicyclic) bond motifs is 1. The maximum Gasteiger partial charge on any atom is 0.336 e. The first-order chi connectivity index (χ1) is 12.9. The number of carbonyl (C=O) groups excluding carboxylic acids is 1. The molecule has 1 aromatic heterocycles. The largest absolute Gasteiger partial charge is 0.336 e. The van der Waals surface area contributed by atoms with Gasteiger partial charge in [0.25, 0.3) is 5.91 Å². The van der Waals surface area contributed by atoms with Gasteiger partial charge in [0.1, 0.15) is 6.61 Å². The van der Waals surface area contributed by atoms with Gasteiger partial charge < -0.3 is 0 Å². The number of benzene rings is 2. The van der Waals surface area contributed by atoms with E-state index in [9.17, 15) is 13.2 Å². The van der Waals surface area contributed by atoms with Gasteiger partial charge in [0, 0.05) is 18.3 Å².